The van der Waals surface area contributed by atoms with Crippen LogP contribution in [0.5, 0.6) is 0 Å². The van der Waals surface area contributed by atoms with Crippen LogP contribution in [0.1, 0.15) is 20.8 Å². The Bertz CT molecular complexity index is 617. The van der Waals surface area contributed by atoms with E-state index in [4.69, 9.17) is 5.73 Å². The van der Waals surface area contributed by atoms with Crippen molar-refractivity contribution in [3.8, 4) is 0 Å². The van der Waals surface area contributed by atoms with Crippen LogP contribution in [0.3, 0.4) is 0 Å². The minimum absolute atomic E-state index is 0.210. The normalized spacial score (nSPS) is 12.5. The van der Waals surface area contributed by atoms with Crippen molar-refractivity contribution in [2.45, 2.75) is 26.8 Å². The molecule has 1 heterocycles. The van der Waals surface area contributed by atoms with Crippen molar-refractivity contribution in [2.24, 2.45) is 11.1 Å². The molecular formula is C17H22N4O. The molecule has 22 heavy (non-hydrogen) atoms. The van der Waals surface area contributed by atoms with Crippen LogP contribution in [0.2, 0.25) is 0 Å². The summed E-state index contributed by atoms with van der Waals surface area (Å²) >= 11 is 0. The number of hydrogen-bond acceptors (Lipinski definition) is 4. The fourth-order valence-corrected chi connectivity index (χ4v) is 1.82. The van der Waals surface area contributed by atoms with E-state index < -0.39 is 6.04 Å². The van der Waals surface area contributed by atoms with Gasteiger partial charge in [-0.3, -0.25) is 4.79 Å². The van der Waals surface area contributed by atoms with Gasteiger partial charge in [0.15, 0.2) is 0 Å². The van der Waals surface area contributed by atoms with Crippen molar-refractivity contribution in [2.75, 3.05) is 10.6 Å². The van der Waals surface area contributed by atoms with Crippen LogP contribution in [0.4, 0.5) is 17.2 Å². The lowest BCUT2D eigenvalue weighted by Gasteiger charge is -2.25. The van der Waals surface area contributed by atoms with E-state index >= 15 is 0 Å². The number of benzene rings is 1. The van der Waals surface area contributed by atoms with Crippen molar-refractivity contribution in [1.29, 1.82) is 0 Å². The average Bonchev–Trinajstić information content (AvgIpc) is 2.48. The van der Waals surface area contributed by atoms with E-state index in [0.29, 0.717) is 11.5 Å². The maximum atomic E-state index is 12.1. The standard InChI is InChI=1S/C17H22N4O/c1-17(2,3)15(18)16(22)21-13-9-10-14(19-11-13)20-12-7-5-4-6-8-12/h4-11,15H,18H2,1-3H3,(H,19,20)(H,21,22)/t15-/m1/s1. The average molecular weight is 298 g/mol. The molecule has 1 amide bonds. The van der Waals surface area contributed by atoms with Crippen LogP contribution >= 0.6 is 0 Å². The van der Waals surface area contributed by atoms with Gasteiger partial charge in [0.1, 0.15) is 5.82 Å². The molecule has 0 fully saturated rings. The predicted molar refractivity (Wildman–Crippen MR) is 90.0 cm³/mol. The fourth-order valence-electron chi connectivity index (χ4n) is 1.82. The van der Waals surface area contributed by atoms with Crippen molar-refractivity contribution in [1.82, 2.24) is 4.98 Å². The van der Waals surface area contributed by atoms with Gasteiger partial charge in [0.2, 0.25) is 5.91 Å². The number of hydrogen-bond donors (Lipinski definition) is 3. The molecule has 1 atom stereocenters. The number of carbonyl (C=O) groups excluding carboxylic acids is 1. The first-order valence-electron chi connectivity index (χ1n) is 7.21. The minimum Gasteiger partial charge on any atom is -0.340 e. The summed E-state index contributed by atoms with van der Waals surface area (Å²) in [5.41, 5.74) is 7.23. The number of anilines is 3. The van der Waals surface area contributed by atoms with Gasteiger partial charge in [-0.15, -0.1) is 0 Å². The lowest BCUT2D eigenvalue weighted by molar-refractivity contribution is -0.119. The Morgan fingerprint density at radius 2 is 1.77 bits per heavy atom. The van der Waals surface area contributed by atoms with Gasteiger partial charge in [0.25, 0.3) is 0 Å². The molecule has 0 unspecified atom stereocenters. The first kappa shape index (κ1) is 16.0. The topological polar surface area (TPSA) is 80.0 Å². The maximum Gasteiger partial charge on any atom is 0.241 e. The monoisotopic (exact) mass is 298 g/mol. The Morgan fingerprint density at radius 3 is 2.32 bits per heavy atom. The van der Waals surface area contributed by atoms with E-state index in [0.717, 1.165) is 5.69 Å². The molecule has 0 radical (unpaired) electrons. The molecule has 0 spiro atoms. The van der Waals surface area contributed by atoms with E-state index in [-0.39, 0.29) is 11.3 Å². The van der Waals surface area contributed by atoms with Crippen LogP contribution in [-0.2, 0) is 4.79 Å². The molecule has 0 saturated carbocycles. The Hall–Kier alpha value is -2.40. The summed E-state index contributed by atoms with van der Waals surface area (Å²) in [6.45, 7) is 5.80. The Labute approximate surface area is 130 Å². The van der Waals surface area contributed by atoms with E-state index in [9.17, 15) is 4.79 Å². The zero-order valence-corrected chi connectivity index (χ0v) is 13.1. The van der Waals surface area contributed by atoms with Crippen LogP contribution in [0.25, 0.3) is 0 Å². The number of pyridine rings is 1. The highest BCUT2D eigenvalue weighted by Gasteiger charge is 2.27. The highest BCUT2D eigenvalue weighted by molar-refractivity contribution is 5.95. The molecule has 1 aromatic heterocycles. The predicted octanol–water partition coefficient (Wildman–Crippen LogP) is 3.14. The van der Waals surface area contributed by atoms with Gasteiger partial charge >= 0.3 is 0 Å². The molecule has 0 aliphatic rings. The molecule has 4 N–H and O–H groups in total. The van der Waals surface area contributed by atoms with Crippen molar-refractivity contribution in [3.63, 3.8) is 0 Å². The van der Waals surface area contributed by atoms with E-state index in [1.165, 1.54) is 0 Å². The quantitative estimate of drug-likeness (QED) is 0.810. The lowest BCUT2D eigenvalue weighted by atomic mass is 9.87. The Balaban J connectivity index is 1.99. The summed E-state index contributed by atoms with van der Waals surface area (Å²) < 4.78 is 0. The van der Waals surface area contributed by atoms with Crippen LogP contribution in [-0.4, -0.2) is 16.9 Å². The molecule has 116 valence electrons. The molecular weight excluding hydrogens is 276 g/mol. The fraction of sp³-hybridized carbons (Fsp3) is 0.294. The van der Waals surface area contributed by atoms with Crippen LogP contribution in [0, 0.1) is 5.41 Å². The van der Waals surface area contributed by atoms with Crippen LogP contribution in [0.15, 0.2) is 48.7 Å². The van der Waals surface area contributed by atoms with Gasteiger partial charge in [-0.1, -0.05) is 39.0 Å². The van der Waals surface area contributed by atoms with E-state index in [2.05, 4.69) is 15.6 Å². The lowest BCUT2D eigenvalue weighted by Crippen LogP contribution is -2.45. The number of nitrogens with two attached hydrogens (primary N) is 1. The zero-order chi connectivity index (χ0) is 16.2. The highest BCUT2D eigenvalue weighted by atomic mass is 16.2. The molecule has 5 nitrogen and oxygen atoms in total. The third-order valence-corrected chi connectivity index (χ3v) is 3.29. The number of aromatic nitrogens is 1. The first-order valence-corrected chi connectivity index (χ1v) is 7.21. The number of para-hydroxylation sites is 1. The second-order valence-electron chi connectivity index (χ2n) is 6.26. The molecule has 1 aromatic carbocycles. The third-order valence-electron chi connectivity index (χ3n) is 3.29. The van der Waals surface area contributed by atoms with E-state index in [1.807, 2.05) is 57.2 Å². The third kappa shape index (κ3) is 4.30. The van der Waals surface area contributed by atoms with Gasteiger partial charge in [-0.25, -0.2) is 4.98 Å². The van der Waals surface area contributed by atoms with Gasteiger partial charge in [0, 0.05) is 5.69 Å². The number of nitrogens with one attached hydrogen (secondary N) is 2. The summed E-state index contributed by atoms with van der Waals surface area (Å²) in [5.74, 6) is 0.502. The Kier molecular flexibility index (Phi) is 4.78. The SMILES string of the molecule is CC(C)(C)[C@H](N)C(=O)Nc1ccc(Nc2ccccc2)nc1. The summed E-state index contributed by atoms with van der Waals surface area (Å²) in [4.78, 5) is 16.3. The molecule has 0 aliphatic carbocycles. The highest BCUT2D eigenvalue weighted by Crippen LogP contribution is 2.20. The molecule has 2 rings (SSSR count). The molecule has 5 heteroatoms. The van der Waals surface area contributed by atoms with Crippen molar-refractivity contribution >= 4 is 23.1 Å². The molecule has 0 aliphatic heterocycles. The minimum atomic E-state index is -0.574. The van der Waals surface area contributed by atoms with Gasteiger partial charge in [-0.05, 0) is 29.7 Å². The van der Waals surface area contributed by atoms with Crippen molar-refractivity contribution < 1.29 is 4.79 Å². The number of amides is 1. The summed E-state index contributed by atoms with van der Waals surface area (Å²) in [6.07, 6.45) is 1.61. The van der Waals surface area contributed by atoms with E-state index in [1.54, 1.807) is 12.3 Å². The zero-order valence-electron chi connectivity index (χ0n) is 13.1. The largest absolute Gasteiger partial charge is 0.340 e. The Morgan fingerprint density at radius 1 is 1.09 bits per heavy atom. The number of carbonyl (C=O) groups is 1. The van der Waals surface area contributed by atoms with Gasteiger partial charge in [-0.2, -0.15) is 0 Å². The number of nitrogens with zero attached hydrogens (tertiary/aromatic N) is 1. The molecule has 0 bridgehead atoms. The van der Waals surface area contributed by atoms with Crippen molar-refractivity contribution in [3.05, 3.63) is 48.7 Å². The first-order chi connectivity index (χ1) is 10.4. The summed E-state index contributed by atoms with van der Waals surface area (Å²) in [6, 6.07) is 12.8. The maximum absolute atomic E-state index is 12.1. The number of rotatable bonds is 4. The summed E-state index contributed by atoms with van der Waals surface area (Å²) in [7, 11) is 0. The molecule has 2 aromatic rings. The van der Waals surface area contributed by atoms with Gasteiger partial charge in [0.05, 0.1) is 17.9 Å². The smallest absolute Gasteiger partial charge is 0.241 e. The second-order valence-corrected chi connectivity index (χ2v) is 6.26. The van der Waals surface area contributed by atoms with Gasteiger partial charge < -0.3 is 16.4 Å². The van der Waals surface area contributed by atoms with Crippen LogP contribution < -0.4 is 16.4 Å². The molecule has 0 saturated heterocycles. The second kappa shape index (κ2) is 6.58. The summed E-state index contributed by atoms with van der Waals surface area (Å²) in [5, 5.41) is 5.97.